The highest BCUT2D eigenvalue weighted by Gasteiger charge is 2.20. The number of nitrogens with zero attached hydrogens (tertiary/aromatic N) is 2. The second kappa shape index (κ2) is 7.09. The second-order valence-electron chi connectivity index (χ2n) is 5.64. The van der Waals surface area contributed by atoms with E-state index in [2.05, 4.69) is 11.1 Å². The van der Waals surface area contributed by atoms with Crippen molar-refractivity contribution in [1.29, 1.82) is 0 Å². The summed E-state index contributed by atoms with van der Waals surface area (Å²) in [6.07, 6.45) is 2.71. The van der Waals surface area contributed by atoms with Crippen molar-refractivity contribution < 1.29 is 9.53 Å². The number of aromatic nitrogens is 1. The van der Waals surface area contributed by atoms with Gasteiger partial charge in [-0.15, -0.1) is 0 Å². The van der Waals surface area contributed by atoms with Gasteiger partial charge in [0.2, 0.25) is 0 Å². The van der Waals surface area contributed by atoms with Gasteiger partial charge in [0, 0.05) is 12.2 Å². The van der Waals surface area contributed by atoms with Gasteiger partial charge in [-0.2, -0.15) is 0 Å². The van der Waals surface area contributed by atoms with Crippen molar-refractivity contribution in [3.8, 4) is 0 Å². The Kier molecular flexibility index (Phi) is 4.71. The van der Waals surface area contributed by atoms with Crippen LogP contribution in [0.25, 0.3) is 5.57 Å². The van der Waals surface area contributed by atoms with Gasteiger partial charge in [0.15, 0.2) is 0 Å². The van der Waals surface area contributed by atoms with Gasteiger partial charge < -0.3 is 9.64 Å². The van der Waals surface area contributed by atoms with Crippen LogP contribution in [0.4, 0.5) is 4.79 Å². The summed E-state index contributed by atoms with van der Waals surface area (Å²) in [6.45, 7) is 3.50. The summed E-state index contributed by atoms with van der Waals surface area (Å²) in [5.41, 5.74) is 3.99. The normalized spacial score (nSPS) is 14.3. The topological polar surface area (TPSA) is 42.4 Å². The van der Waals surface area contributed by atoms with E-state index in [0.717, 1.165) is 28.9 Å². The van der Waals surface area contributed by atoms with Crippen LogP contribution in [0, 0.1) is 6.92 Å². The molecule has 0 fully saturated rings. The molecule has 0 radical (unpaired) electrons. The Balaban J connectivity index is 1.61. The van der Waals surface area contributed by atoms with Crippen molar-refractivity contribution in [2.75, 3.05) is 13.1 Å². The average molecular weight is 308 g/mol. The monoisotopic (exact) mass is 308 g/mol. The smallest absolute Gasteiger partial charge is 0.410 e. The molecule has 4 heteroatoms. The number of carbonyl (C=O) groups is 1. The molecule has 0 spiro atoms. The third kappa shape index (κ3) is 3.97. The second-order valence-corrected chi connectivity index (χ2v) is 5.64. The third-order valence-electron chi connectivity index (χ3n) is 3.83. The zero-order valence-corrected chi connectivity index (χ0v) is 13.2. The molecule has 23 heavy (non-hydrogen) atoms. The van der Waals surface area contributed by atoms with Gasteiger partial charge >= 0.3 is 6.09 Å². The number of ether oxygens (including phenoxy) is 1. The maximum Gasteiger partial charge on any atom is 0.410 e. The first-order valence-corrected chi connectivity index (χ1v) is 7.81. The molecule has 0 saturated heterocycles. The first kappa shape index (κ1) is 15.3. The Morgan fingerprint density at radius 3 is 2.78 bits per heavy atom. The summed E-state index contributed by atoms with van der Waals surface area (Å²) < 4.78 is 5.41. The Hall–Kier alpha value is -2.62. The lowest BCUT2D eigenvalue weighted by atomic mass is 10.1. The SMILES string of the molecule is Cc1cccc(C2=CCCN(C(=O)OCc3ccccc3)C2)n1. The zero-order chi connectivity index (χ0) is 16.1. The maximum absolute atomic E-state index is 12.3. The van der Waals surface area contributed by atoms with Crippen LogP contribution in [0.1, 0.15) is 23.4 Å². The number of amides is 1. The van der Waals surface area contributed by atoms with Gasteiger partial charge in [-0.25, -0.2) is 4.79 Å². The van der Waals surface area contributed by atoms with Crippen LogP contribution in [0.2, 0.25) is 0 Å². The van der Waals surface area contributed by atoms with Gasteiger partial charge in [0.25, 0.3) is 0 Å². The summed E-state index contributed by atoms with van der Waals surface area (Å²) in [4.78, 5) is 18.5. The van der Waals surface area contributed by atoms with E-state index < -0.39 is 0 Å². The third-order valence-corrected chi connectivity index (χ3v) is 3.83. The van der Waals surface area contributed by atoms with E-state index in [9.17, 15) is 4.79 Å². The lowest BCUT2D eigenvalue weighted by Gasteiger charge is -2.26. The number of hydrogen-bond donors (Lipinski definition) is 0. The van der Waals surface area contributed by atoms with Crippen molar-refractivity contribution >= 4 is 11.7 Å². The molecule has 0 atom stereocenters. The molecule has 1 aromatic carbocycles. The minimum Gasteiger partial charge on any atom is -0.445 e. The first-order valence-electron chi connectivity index (χ1n) is 7.81. The fourth-order valence-electron chi connectivity index (χ4n) is 2.62. The minimum absolute atomic E-state index is 0.271. The van der Waals surface area contributed by atoms with Crippen LogP contribution in [0.3, 0.4) is 0 Å². The molecule has 2 heterocycles. The Morgan fingerprint density at radius 2 is 2.00 bits per heavy atom. The van der Waals surface area contributed by atoms with Gasteiger partial charge in [-0.1, -0.05) is 42.5 Å². The van der Waals surface area contributed by atoms with E-state index in [-0.39, 0.29) is 6.09 Å². The molecule has 4 nitrogen and oxygen atoms in total. The highest BCUT2D eigenvalue weighted by atomic mass is 16.6. The molecule has 1 aromatic heterocycles. The Bertz CT molecular complexity index is 710. The molecule has 3 rings (SSSR count). The zero-order valence-electron chi connectivity index (χ0n) is 13.2. The molecule has 0 N–H and O–H groups in total. The summed E-state index contributed by atoms with van der Waals surface area (Å²) in [5, 5.41) is 0. The highest BCUT2D eigenvalue weighted by molar-refractivity contribution is 5.74. The Labute approximate surface area is 136 Å². The Morgan fingerprint density at radius 1 is 1.17 bits per heavy atom. The largest absolute Gasteiger partial charge is 0.445 e. The summed E-state index contributed by atoms with van der Waals surface area (Å²) >= 11 is 0. The van der Waals surface area contributed by atoms with Crippen LogP contribution < -0.4 is 0 Å². The lowest BCUT2D eigenvalue weighted by Crippen LogP contribution is -2.36. The first-order chi connectivity index (χ1) is 11.2. The van der Waals surface area contributed by atoms with Gasteiger partial charge in [-0.3, -0.25) is 4.98 Å². The van der Waals surface area contributed by atoms with E-state index in [1.807, 2.05) is 55.5 Å². The van der Waals surface area contributed by atoms with Crippen molar-refractivity contribution in [1.82, 2.24) is 9.88 Å². The van der Waals surface area contributed by atoms with E-state index in [1.54, 1.807) is 4.90 Å². The van der Waals surface area contributed by atoms with Gasteiger partial charge in [0.05, 0.1) is 12.2 Å². The molecule has 1 amide bonds. The van der Waals surface area contributed by atoms with E-state index in [0.29, 0.717) is 19.7 Å². The molecule has 0 saturated carbocycles. The predicted molar refractivity (Wildman–Crippen MR) is 89.8 cm³/mol. The van der Waals surface area contributed by atoms with Crippen LogP contribution in [0.5, 0.6) is 0 Å². The molecule has 0 aliphatic carbocycles. The molecule has 1 aliphatic heterocycles. The van der Waals surface area contributed by atoms with Crippen molar-refractivity contribution in [2.24, 2.45) is 0 Å². The quantitative estimate of drug-likeness (QED) is 0.865. The number of pyridine rings is 1. The van der Waals surface area contributed by atoms with Crippen LogP contribution in [-0.2, 0) is 11.3 Å². The minimum atomic E-state index is -0.271. The van der Waals surface area contributed by atoms with E-state index >= 15 is 0 Å². The number of hydrogen-bond acceptors (Lipinski definition) is 3. The molecule has 1 aliphatic rings. The summed E-state index contributed by atoms with van der Waals surface area (Å²) in [6, 6.07) is 15.7. The fourth-order valence-corrected chi connectivity index (χ4v) is 2.62. The average Bonchev–Trinajstić information content (AvgIpc) is 2.61. The van der Waals surface area contributed by atoms with Crippen molar-refractivity contribution in [3.05, 3.63) is 71.6 Å². The number of carbonyl (C=O) groups excluding carboxylic acids is 1. The number of rotatable bonds is 3. The van der Waals surface area contributed by atoms with Crippen LogP contribution >= 0.6 is 0 Å². The van der Waals surface area contributed by atoms with E-state index in [1.165, 1.54) is 0 Å². The van der Waals surface area contributed by atoms with Crippen molar-refractivity contribution in [2.45, 2.75) is 20.0 Å². The summed E-state index contributed by atoms with van der Waals surface area (Å²) in [7, 11) is 0. The highest BCUT2D eigenvalue weighted by Crippen LogP contribution is 2.20. The lowest BCUT2D eigenvalue weighted by molar-refractivity contribution is 0.100. The maximum atomic E-state index is 12.3. The molecular formula is C19H20N2O2. The molecule has 2 aromatic rings. The van der Waals surface area contributed by atoms with Crippen LogP contribution in [-0.4, -0.2) is 29.1 Å². The number of benzene rings is 1. The van der Waals surface area contributed by atoms with Crippen molar-refractivity contribution in [3.63, 3.8) is 0 Å². The standard InChI is InChI=1S/C19H20N2O2/c1-15-7-5-11-18(20-15)17-10-6-12-21(13-17)19(22)23-14-16-8-3-2-4-9-16/h2-5,7-11H,6,12-14H2,1H3. The number of aryl methyl sites for hydroxylation is 1. The summed E-state index contributed by atoms with van der Waals surface area (Å²) in [5.74, 6) is 0. The molecule has 0 bridgehead atoms. The predicted octanol–water partition coefficient (Wildman–Crippen LogP) is 3.82. The van der Waals surface area contributed by atoms with Crippen LogP contribution in [0.15, 0.2) is 54.6 Å². The van der Waals surface area contributed by atoms with Gasteiger partial charge in [-0.05, 0) is 36.6 Å². The molecule has 118 valence electrons. The molecule has 0 unspecified atom stereocenters. The fraction of sp³-hybridized carbons (Fsp3) is 0.263. The van der Waals surface area contributed by atoms with E-state index in [4.69, 9.17) is 4.74 Å². The molecular weight excluding hydrogens is 288 g/mol. The van der Waals surface area contributed by atoms with Gasteiger partial charge in [0.1, 0.15) is 6.61 Å².